The fourth-order valence-corrected chi connectivity index (χ4v) is 4.31. The second-order valence-electron chi connectivity index (χ2n) is 7.98. The number of nitrogens with zero attached hydrogens (tertiary/aromatic N) is 4. The molecule has 2 N–H and O–H groups in total. The predicted octanol–water partition coefficient (Wildman–Crippen LogP) is 2.41. The molecule has 0 amide bonds. The summed E-state index contributed by atoms with van der Waals surface area (Å²) in [4.78, 5) is 33.8. The third kappa shape index (κ3) is 3.20. The van der Waals surface area contributed by atoms with Crippen molar-refractivity contribution in [3.63, 3.8) is 0 Å². The summed E-state index contributed by atoms with van der Waals surface area (Å²) in [6, 6.07) is 0.748. The number of aromatic carboxylic acids is 1. The van der Waals surface area contributed by atoms with E-state index >= 15 is 4.39 Å². The first kappa shape index (κ1) is 20.2. The number of hydrogen-bond acceptors (Lipinski definition) is 7. The number of ether oxygens (including phenoxy) is 1. The lowest BCUT2D eigenvalue weighted by Gasteiger charge is -2.31. The number of halogens is 2. The second-order valence-corrected chi connectivity index (χ2v) is 7.98. The van der Waals surface area contributed by atoms with Crippen molar-refractivity contribution in [2.45, 2.75) is 25.4 Å². The highest BCUT2D eigenvalue weighted by Gasteiger charge is 2.33. The molecule has 2 atom stereocenters. The number of benzene rings is 1. The fourth-order valence-electron chi connectivity index (χ4n) is 4.31. The van der Waals surface area contributed by atoms with Crippen LogP contribution in [0.5, 0.6) is 5.75 Å². The van der Waals surface area contributed by atoms with Gasteiger partial charge in [0, 0.05) is 25.3 Å². The third-order valence-corrected chi connectivity index (χ3v) is 5.83. The van der Waals surface area contributed by atoms with E-state index in [1.807, 2.05) is 6.92 Å². The summed E-state index contributed by atoms with van der Waals surface area (Å²) in [5.41, 5.74) is -0.546. The van der Waals surface area contributed by atoms with E-state index in [0.717, 1.165) is 18.5 Å². The molecule has 1 saturated heterocycles. The van der Waals surface area contributed by atoms with Gasteiger partial charge in [0.15, 0.2) is 17.4 Å². The van der Waals surface area contributed by atoms with Crippen LogP contribution in [0.3, 0.4) is 0 Å². The van der Waals surface area contributed by atoms with Crippen LogP contribution >= 0.6 is 0 Å². The quantitative estimate of drug-likeness (QED) is 0.633. The largest absolute Gasteiger partial charge is 0.487 e. The van der Waals surface area contributed by atoms with Crippen LogP contribution in [0.1, 0.15) is 29.7 Å². The van der Waals surface area contributed by atoms with Gasteiger partial charge in [-0.1, -0.05) is 0 Å². The maximum absolute atomic E-state index is 15.3. The first-order valence-corrected chi connectivity index (χ1v) is 10.1. The highest BCUT2D eigenvalue weighted by Crippen LogP contribution is 2.42. The van der Waals surface area contributed by atoms with Crippen molar-refractivity contribution in [1.29, 1.82) is 0 Å². The summed E-state index contributed by atoms with van der Waals surface area (Å²) in [6.07, 6.45) is 4.08. The van der Waals surface area contributed by atoms with Crippen LogP contribution in [0.15, 0.2) is 29.5 Å². The Kier molecular flexibility index (Phi) is 4.68. The number of nitrogens with one attached hydrogen (secondary N) is 1. The van der Waals surface area contributed by atoms with Crippen molar-refractivity contribution in [1.82, 2.24) is 14.5 Å². The van der Waals surface area contributed by atoms with E-state index in [9.17, 15) is 19.1 Å². The lowest BCUT2D eigenvalue weighted by atomic mass is 10.1. The summed E-state index contributed by atoms with van der Waals surface area (Å²) >= 11 is 0. The summed E-state index contributed by atoms with van der Waals surface area (Å²) in [5, 5.41) is 12.5. The Hall–Kier alpha value is -3.76. The number of carboxylic acid groups (broad SMARTS) is 1. The molecule has 1 fully saturated rings. The number of hydrogen-bond donors (Lipinski definition) is 2. The first-order valence-electron chi connectivity index (χ1n) is 10.1. The maximum atomic E-state index is 15.3. The van der Waals surface area contributed by atoms with Crippen molar-refractivity contribution in [3.8, 4) is 5.75 Å². The number of aromatic nitrogens is 3. The van der Waals surface area contributed by atoms with Crippen LogP contribution in [-0.4, -0.2) is 51.3 Å². The van der Waals surface area contributed by atoms with Gasteiger partial charge in [0.1, 0.15) is 17.9 Å². The zero-order chi connectivity index (χ0) is 22.6. The minimum absolute atomic E-state index is 0.0266. The Morgan fingerprint density at radius 3 is 2.78 bits per heavy atom. The Morgan fingerprint density at radius 2 is 2.06 bits per heavy atom. The molecule has 5 rings (SSSR count). The van der Waals surface area contributed by atoms with Gasteiger partial charge < -0.3 is 24.6 Å². The minimum atomic E-state index is -1.36. The fraction of sp³-hybridized carbons (Fsp3) is 0.333. The lowest BCUT2D eigenvalue weighted by Crippen LogP contribution is -2.30. The van der Waals surface area contributed by atoms with Crippen LogP contribution in [0.2, 0.25) is 0 Å². The van der Waals surface area contributed by atoms with Crippen LogP contribution < -0.4 is 20.4 Å². The van der Waals surface area contributed by atoms with E-state index in [1.165, 1.54) is 6.20 Å². The molecule has 0 spiro atoms. The smallest absolute Gasteiger partial charge is 0.341 e. The molecule has 9 nitrogen and oxygen atoms in total. The molecule has 4 heterocycles. The molecular weight excluding hydrogens is 424 g/mol. The molecule has 11 heteroatoms. The Balaban J connectivity index is 1.55. The predicted molar refractivity (Wildman–Crippen MR) is 112 cm³/mol. The molecule has 0 aliphatic carbocycles. The summed E-state index contributed by atoms with van der Waals surface area (Å²) in [6.45, 7) is 2.95. The average Bonchev–Trinajstić information content (AvgIpc) is 3.21. The monoisotopic (exact) mass is 443 g/mol. The van der Waals surface area contributed by atoms with Gasteiger partial charge in [-0.15, -0.1) is 0 Å². The maximum Gasteiger partial charge on any atom is 0.341 e. The zero-order valence-corrected chi connectivity index (χ0v) is 17.0. The molecule has 0 unspecified atom stereocenters. The average molecular weight is 443 g/mol. The van der Waals surface area contributed by atoms with Crippen LogP contribution in [0.4, 0.5) is 20.4 Å². The van der Waals surface area contributed by atoms with E-state index in [2.05, 4.69) is 15.3 Å². The summed E-state index contributed by atoms with van der Waals surface area (Å²) in [7, 11) is 0. The number of carbonyl (C=O) groups is 1. The van der Waals surface area contributed by atoms with Gasteiger partial charge in [-0.3, -0.25) is 4.79 Å². The van der Waals surface area contributed by atoms with E-state index < -0.39 is 28.6 Å². The van der Waals surface area contributed by atoms with E-state index in [0.29, 0.717) is 25.0 Å². The van der Waals surface area contributed by atoms with Gasteiger partial charge in [0.2, 0.25) is 11.4 Å². The molecule has 2 aliphatic rings. The Bertz CT molecular complexity index is 1290. The third-order valence-electron chi connectivity index (χ3n) is 5.83. The molecule has 0 saturated carbocycles. The normalized spacial score (nSPS) is 19.8. The number of anilines is 2. The van der Waals surface area contributed by atoms with Crippen molar-refractivity contribution in [2.24, 2.45) is 0 Å². The zero-order valence-electron chi connectivity index (χ0n) is 17.0. The van der Waals surface area contributed by atoms with E-state index in [1.54, 1.807) is 9.47 Å². The molecule has 0 radical (unpaired) electrons. The van der Waals surface area contributed by atoms with Crippen molar-refractivity contribution in [3.05, 3.63) is 52.1 Å². The van der Waals surface area contributed by atoms with Gasteiger partial charge in [-0.2, -0.15) is 0 Å². The van der Waals surface area contributed by atoms with Crippen LogP contribution in [-0.2, 0) is 0 Å². The number of rotatable bonds is 4. The Morgan fingerprint density at radius 1 is 1.31 bits per heavy atom. The molecule has 3 aromatic rings. The molecule has 32 heavy (non-hydrogen) atoms. The lowest BCUT2D eigenvalue weighted by molar-refractivity contribution is 0.0694. The molecule has 1 aromatic carbocycles. The SMILES string of the molecule is C[C@H]1COc2c(N3CC[C@H](Nc4ncc(F)cn4)C3)c(F)cc3c(=O)c(C(=O)O)cn1c23. The number of carboxylic acids is 1. The van der Waals surface area contributed by atoms with Crippen LogP contribution in [0, 0.1) is 11.6 Å². The summed E-state index contributed by atoms with van der Waals surface area (Å²) < 4.78 is 35.9. The van der Waals surface area contributed by atoms with Crippen LogP contribution in [0.25, 0.3) is 10.9 Å². The highest BCUT2D eigenvalue weighted by atomic mass is 19.1. The van der Waals surface area contributed by atoms with Gasteiger partial charge >= 0.3 is 5.97 Å². The number of pyridine rings is 1. The van der Waals surface area contributed by atoms with E-state index in [-0.39, 0.29) is 41.5 Å². The van der Waals surface area contributed by atoms with Gasteiger partial charge in [0.25, 0.3) is 0 Å². The first-order chi connectivity index (χ1) is 15.3. The standard InChI is InChI=1S/C21H19F2N5O4/c1-10-9-32-19-16-13(18(29)14(20(30)31)8-28(10)16)4-15(23)17(19)27-3-2-12(7-27)26-21-24-5-11(22)6-25-21/h4-6,8,10,12H,2-3,7,9H2,1H3,(H,30,31)(H,24,25,26)/t10-,12-/m0/s1. The molecule has 166 valence electrons. The Labute approximate surface area is 180 Å². The topological polar surface area (TPSA) is 110 Å². The second kappa shape index (κ2) is 7.43. The molecular formula is C21H19F2N5O4. The van der Waals surface area contributed by atoms with Crippen molar-refractivity contribution < 1.29 is 23.4 Å². The molecule has 2 aromatic heterocycles. The van der Waals surface area contributed by atoms with Crippen molar-refractivity contribution in [2.75, 3.05) is 29.9 Å². The van der Waals surface area contributed by atoms with Gasteiger partial charge in [0.05, 0.1) is 29.3 Å². The van der Waals surface area contributed by atoms with E-state index in [4.69, 9.17) is 4.74 Å². The molecule has 2 aliphatic heterocycles. The minimum Gasteiger partial charge on any atom is -0.487 e. The molecule has 0 bridgehead atoms. The summed E-state index contributed by atoms with van der Waals surface area (Å²) in [5.74, 6) is -2.05. The van der Waals surface area contributed by atoms with Crippen molar-refractivity contribution >= 4 is 28.5 Å². The van der Waals surface area contributed by atoms with Gasteiger partial charge in [-0.25, -0.2) is 23.5 Å². The highest BCUT2D eigenvalue weighted by molar-refractivity contribution is 5.97. The van der Waals surface area contributed by atoms with Gasteiger partial charge in [-0.05, 0) is 19.4 Å².